The van der Waals surface area contributed by atoms with Crippen LogP contribution in [0.4, 0.5) is 0 Å². The molecule has 0 fully saturated rings. The minimum absolute atomic E-state index is 0.123. The quantitative estimate of drug-likeness (QED) is 0.136. The van der Waals surface area contributed by atoms with E-state index < -0.39 is 6.23 Å². The molecule has 0 aliphatic rings. The highest BCUT2D eigenvalue weighted by atomic mass is 32.2. The second-order valence-electron chi connectivity index (χ2n) is 7.26. The van der Waals surface area contributed by atoms with Crippen LogP contribution in [-0.4, -0.2) is 62.1 Å². The smallest absolute Gasteiger partial charge is 0.145 e. The molecule has 1 unspecified atom stereocenters. The van der Waals surface area contributed by atoms with Gasteiger partial charge in [-0.3, -0.25) is 5.32 Å². The predicted octanol–water partition coefficient (Wildman–Crippen LogP) is 4.56. The van der Waals surface area contributed by atoms with Crippen LogP contribution >= 0.6 is 11.8 Å². The summed E-state index contributed by atoms with van der Waals surface area (Å²) >= 11 is 2.12. The van der Waals surface area contributed by atoms with Gasteiger partial charge in [-0.2, -0.15) is 11.8 Å². The Morgan fingerprint density at radius 3 is 2.14 bits per heavy atom. The zero-order valence-corrected chi connectivity index (χ0v) is 19.0. The van der Waals surface area contributed by atoms with Crippen LogP contribution in [0.5, 0.6) is 0 Å². The summed E-state index contributed by atoms with van der Waals surface area (Å²) in [5, 5.41) is 12.9. The van der Waals surface area contributed by atoms with Crippen molar-refractivity contribution in [3.05, 3.63) is 0 Å². The Kier molecular flexibility index (Phi) is 24.8. The van der Waals surface area contributed by atoms with Crippen LogP contribution in [0.15, 0.2) is 0 Å². The molecule has 0 heterocycles. The lowest BCUT2D eigenvalue weighted by atomic mass is 10.1. The molecule has 6 heteroatoms. The van der Waals surface area contributed by atoms with Gasteiger partial charge in [0.1, 0.15) is 19.1 Å². The summed E-state index contributed by atoms with van der Waals surface area (Å²) in [4.78, 5) is 10.1. The average Bonchev–Trinajstić information content (AvgIpc) is 2.70. The largest absolute Gasteiger partial charge is 0.379 e. The van der Waals surface area contributed by atoms with Crippen LogP contribution in [0.2, 0.25) is 0 Å². The minimum atomic E-state index is -0.442. The lowest BCUT2D eigenvalue weighted by Crippen LogP contribution is -2.31. The van der Waals surface area contributed by atoms with Gasteiger partial charge in [0.05, 0.1) is 19.8 Å². The van der Waals surface area contributed by atoms with Crippen molar-refractivity contribution in [2.75, 3.05) is 44.5 Å². The van der Waals surface area contributed by atoms with Crippen LogP contribution in [0.25, 0.3) is 0 Å². The molecule has 2 N–H and O–H groups in total. The predicted molar refractivity (Wildman–Crippen MR) is 120 cm³/mol. The number of carbonyl (C=O) groups excluding carboxylic acids is 1. The first-order chi connectivity index (χ1) is 13.8. The first-order valence-corrected chi connectivity index (χ1v) is 12.5. The van der Waals surface area contributed by atoms with E-state index in [4.69, 9.17) is 9.47 Å². The van der Waals surface area contributed by atoms with E-state index in [1.165, 1.54) is 75.7 Å². The van der Waals surface area contributed by atoms with Crippen LogP contribution in [0, 0.1) is 0 Å². The Morgan fingerprint density at radius 2 is 1.46 bits per heavy atom. The Labute approximate surface area is 177 Å². The SMILES string of the molecule is CCCCCCCCSCCCCCCCC(O)NCCOCCOCC=O. The lowest BCUT2D eigenvalue weighted by Gasteiger charge is -2.12. The van der Waals surface area contributed by atoms with Crippen molar-refractivity contribution in [1.29, 1.82) is 0 Å². The van der Waals surface area contributed by atoms with Gasteiger partial charge in [0, 0.05) is 6.54 Å². The highest BCUT2D eigenvalue weighted by Crippen LogP contribution is 2.13. The number of ether oxygens (including phenoxy) is 2. The second-order valence-corrected chi connectivity index (χ2v) is 8.49. The maximum absolute atomic E-state index is 10.1. The number of rotatable bonds is 24. The third-order valence-corrected chi connectivity index (χ3v) is 5.75. The van der Waals surface area contributed by atoms with E-state index in [2.05, 4.69) is 24.0 Å². The molecular weight excluding hydrogens is 374 g/mol. The summed E-state index contributed by atoms with van der Waals surface area (Å²) in [6.45, 7) is 4.47. The minimum Gasteiger partial charge on any atom is -0.379 e. The molecule has 0 spiro atoms. The molecule has 0 saturated heterocycles. The third-order valence-electron chi connectivity index (χ3n) is 4.59. The fourth-order valence-electron chi connectivity index (χ4n) is 2.91. The summed E-state index contributed by atoms with van der Waals surface area (Å²) in [7, 11) is 0. The molecule has 5 nitrogen and oxygen atoms in total. The van der Waals surface area contributed by atoms with Gasteiger partial charge in [-0.05, 0) is 37.2 Å². The van der Waals surface area contributed by atoms with Crippen LogP contribution < -0.4 is 5.32 Å². The van der Waals surface area contributed by atoms with Crippen LogP contribution in [0.3, 0.4) is 0 Å². The number of aliphatic hydroxyl groups excluding tert-OH is 1. The fraction of sp³-hybridized carbons (Fsp3) is 0.955. The summed E-state index contributed by atoms with van der Waals surface area (Å²) < 4.78 is 10.3. The normalized spacial score (nSPS) is 12.4. The number of aliphatic hydroxyl groups is 1. The van der Waals surface area contributed by atoms with Crippen molar-refractivity contribution in [2.45, 2.75) is 90.2 Å². The van der Waals surface area contributed by atoms with Crippen molar-refractivity contribution in [1.82, 2.24) is 5.32 Å². The molecule has 0 aromatic rings. The van der Waals surface area contributed by atoms with E-state index in [-0.39, 0.29) is 6.61 Å². The Hall–Kier alpha value is -0.140. The van der Waals surface area contributed by atoms with E-state index >= 15 is 0 Å². The molecule has 0 rings (SSSR count). The molecule has 28 heavy (non-hydrogen) atoms. The molecule has 0 bridgehead atoms. The van der Waals surface area contributed by atoms with Gasteiger partial charge in [-0.25, -0.2) is 0 Å². The van der Waals surface area contributed by atoms with Gasteiger partial charge in [-0.15, -0.1) is 0 Å². The number of aldehydes is 1. The first-order valence-electron chi connectivity index (χ1n) is 11.4. The number of hydrogen-bond acceptors (Lipinski definition) is 6. The van der Waals surface area contributed by atoms with Crippen molar-refractivity contribution in [3.8, 4) is 0 Å². The molecule has 0 saturated carbocycles. The maximum atomic E-state index is 10.1. The van der Waals surface area contributed by atoms with Crippen molar-refractivity contribution in [3.63, 3.8) is 0 Å². The number of carbonyl (C=O) groups is 1. The molecule has 0 aromatic carbocycles. The second kappa shape index (κ2) is 24.9. The lowest BCUT2D eigenvalue weighted by molar-refractivity contribution is -0.112. The van der Waals surface area contributed by atoms with E-state index in [1.54, 1.807) is 0 Å². The van der Waals surface area contributed by atoms with Crippen molar-refractivity contribution in [2.24, 2.45) is 0 Å². The van der Waals surface area contributed by atoms with Crippen molar-refractivity contribution >= 4 is 18.0 Å². The van der Waals surface area contributed by atoms with Gasteiger partial charge in [0.15, 0.2) is 0 Å². The van der Waals surface area contributed by atoms with Crippen LogP contribution in [-0.2, 0) is 14.3 Å². The molecular formula is C22H45NO4S. The highest BCUT2D eigenvalue weighted by Gasteiger charge is 2.02. The van der Waals surface area contributed by atoms with Crippen LogP contribution in [0.1, 0.15) is 84.0 Å². The van der Waals surface area contributed by atoms with Crippen molar-refractivity contribution < 1.29 is 19.4 Å². The fourth-order valence-corrected chi connectivity index (χ4v) is 3.93. The third kappa shape index (κ3) is 23.9. The summed E-state index contributed by atoms with van der Waals surface area (Å²) in [6.07, 6.45) is 15.6. The molecule has 0 aliphatic carbocycles. The van der Waals surface area contributed by atoms with E-state index in [0.29, 0.717) is 26.4 Å². The zero-order chi connectivity index (χ0) is 20.5. The summed E-state index contributed by atoms with van der Waals surface area (Å²) in [6, 6.07) is 0. The number of thioether (sulfide) groups is 1. The van der Waals surface area contributed by atoms with E-state index in [9.17, 15) is 9.90 Å². The topological polar surface area (TPSA) is 67.8 Å². The van der Waals surface area contributed by atoms with Gasteiger partial charge in [-0.1, -0.05) is 58.3 Å². The average molecular weight is 420 g/mol. The summed E-state index contributed by atoms with van der Waals surface area (Å²) in [5.74, 6) is 2.64. The summed E-state index contributed by atoms with van der Waals surface area (Å²) in [5.41, 5.74) is 0. The first kappa shape index (κ1) is 27.9. The standard InChI is InChI=1S/C22H45NO4S/c1-2-3-4-5-8-11-20-28-21-12-9-6-7-10-13-22(25)23-14-16-26-18-19-27-17-15-24/h15,22-23,25H,2-14,16-21H2,1H3. The molecule has 1 atom stereocenters. The van der Waals surface area contributed by atoms with Gasteiger partial charge < -0.3 is 19.4 Å². The molecule has 0 radical (unpaired) electrons. The maximum Gasteiger partial charge on any atom is 0.145 e. The van der Waals surface area contributed by atoms with Gasteiger partial charge in [0.25, 0.3) is 0 Å². The monoisotopic (exact) mass is 419 g/mol. The Bertz CT molecular complexity index is 308. The highest BCUT2D eigenvalue weighted by molar-refractivity contribution is 7.99. The number of nitrogens with one attached hydrogen (secondary N) is 1. The molecule has 0 aliphatic heterocycles. The van der Waals surface area contributed by atoms with E-state index in [1.807, 2.05) is 0 Å². The molecule has 0 amide bonds. The number of hydrogen-bond donors (Lipinski definition) is 2. The molecule has 0 aromatic heterocycles. The zero-order valence-electron chi connectivity index (χ0n) is 18.2. The molecule has 168 valence electrons. The Balaban J connectivity index is 3.12. The number of unbranched alkanes of at least 4 members (excludes halogenated alkanes) is 9. The Morgan fingerprint density at radius 1 is 0.857 bits per heavy atom. The van der Waals surface area contributed by atoms with E-state index in [0.717, 1.165) is 19.1 Å². The van der Waals surface area contributed by atoms with Gasteiger partial charge in [0.2, 0.25) is 0 Å². The van der Waals surface area contributed by atoms with Gasteiger partial charge >= 0.3 is 0 Å².